The summed E-state index contributed by atoms with van der Waals surface area (Å²) in [6, 6.07) is 6.34. The summed E-state index contributed by atoms with van der Waals surface area (Å²) in [5, 5.41) is 8.99. The lowest BCUT2D eigenvalue weighted by Crippen LogP contribution is -2.09. The average Bonchev–Trinajstić information content (AvgIpc) is 2.49. The molecule has 1 rings (SSSR count). The number of hydrogen-bond donors (Lipinski definition) is 1. The molecule has 3 nitrogen and oxygen atoms in total. The Morgan fingerprint density at radius 2 is 2.10 bits per heavy atom. The summed E-state index contributed by atoms with van der Waals surface area (Å²) in [7, 11) is 1.64. The molecule has 1 N–H and O–H groups in total. The van der Waals surface area contributed by atoms with Crippen LogP contribution in [-0.2, 0) is 9.47 Å². The van der Waals surface area contributed by atoms with Gasteiger partial charge in [-0.2, -0.15) is 0 Å². The van der Waals surface area contributed by atoms with E-state index in [0.29, 0.717) is 6.79 Å². The summed E-state index contributed by atoms with van der Waals surface area (Å²) in [6.45, 7) is 4.64. The minimum atomic E-state index is 0.0368. The van der Waals surface area contributed by atoms with Crippen LogP contribution in [0.4, 0.5) is 0 Å². The summed E-state index contributed by atoms with van der Waals surface area (Å²) >= 11 is 0. The minimum Gasteiger partial charge on any atom is -0.392 e. The summed E-state index contributed by atoms with van der Waals surface area (Å²) in [5.41, 5.74) is 3.49. The first-order chi connectivity index (χ1) is 10.2. The quantitative estimate of drug-likeness (QED) is 0.518. The monoisotopic (exact) mass is 292 g/mol. The van der Waals surface area contributed by atoms with Gasteiger partial charge in [-0.05, 0) is 24.5 Å². The van der Waals surface area contributed by atoms with Crippen LogP contribution >= 0.6 is 0 Å². The normalized spacial score (nSPS) is 13.0. The Hall–Kier alpha value is -1.16. The van der Waals surface area contributed by atoms with Crippen molar-refractivity contribution >= 4 is 6.08 Å². The highest BCUT2D eigenvalue weighted by Gasteiger charge is 2.15. The van der Waals surface area contributed by atoms with Gasteiger partial charge in [0.05, 0.1) is 12.7 Å². The molecule has 0 saturated carbocycles. The van der Waals surface area contributed by atoms with Gasteiger partial charge in [0.25, 0.3) is 0 Å². The third-order valence-electron chi connectivity index (χ3n) is 3.45. The number of aliphatic hydroxyl groups is 1. The first-order valence-corrected chi connectivity index (χ1v) is 7.71. The molecule has 21 heavy (non-hydrogen) atoms. The number of hydrogen-bond acceptors (Lipinski definition) is 3. The van der Waals surface area contributed by atoms with Crippen LogP contribution in [0, 0.1) is 6.92 Å². The van der Waals surface area contributed by atoms with Crippen LogP contribution in [0.2, 0.25) is 0 Å². The molecule has 0 amide bonds. The zero-order chi connectivity index (χ0) is 15.5. The van der Waals surface area contributed by atoms with E-state index in [-0.39, 0.29) is 12.7 Å². The number of unbranched alkanes of at least 4 members (excludes halogenated alkanes) is 2. The largest absolute Gasteiger partial charge is 0.392 e. The topological polar surface area (TPSA) is 38.7 Å². The Morgan fingerprint density at radius 3 is 2.76 bits per heavy atom. The fourth-order valence-corrected chi connectivity index (χ4v) is 2.36. The van der Waals surface area contributed by atoms with Crippen molar-refractivity contribution in [1.29, 1.82) is 0 Å². The van der Waals surface area contributed by atoms with E-state index >= 15 is 0 Å². The Morgan fingerprint density at radius 1 is 1.29 bits per heavy atom. The van der Waals surface area contributed by atoms with Crippen molar-refractivity contribution in [1.82, 2.24) is 0 Å². The molecule has 0 fully saturated rings. The summed E-state index contributed by atoms with van der Waals surface area (Å²) in [5.74, 6) is 0. The van der Waals surface area contributed by atoms with E-state index in [4.69, 9.17) is 14.6 Å². The Labute approximate surface area is 128 Å². The van der Waals surface area contributed by atoms with Crippen molar-refractivity contribution in [3.63, 3.8) is 0 Å². The predicted octanol–water partition coefficient (Wildman–Crippen LogP) is 4.24. The Balaban J connectivity index is 2.96. The molecule has 0 aliphatic carbocycles. The van der Waals surface area contributed by atoms with Gasteiger partial charge in [-0.15, -0.1) is 0 Å². The molecule has 0 saturated heterocycles. The van der Waals surface area contributed by atoms with E-state index in [1.807, 2.05) is 6.08 Å². The lowest BCUT2D eigenvalue weighted by Gasteiger charge is -2.20. The second-order valence-corrected chi connectivity index (χ2v) is 5.27. The average molecular weight is 292 g/mol. The van der Waals surface area contributed by atoms with Gasteiger partial charge in [0.1, 0.15) is 6.79 Å². The number of rotatable bonds is 10. The molecule has 0 aromatic heterocycles. The van der Waals surface area contributed by atoms with E-state index in [9.17, 15) is 0 Å². The molecule has 118 valence electrons. The molecule has 0 spiro atoms. The molecule has 0 bridgehead atoms. The van der Waals surface area contributed by atoms with Crippen LogP contribution < -0.4 is 0 Å². The van der Waals surface area contributed by atoms with Crippen molar-refractivity contribution in [2.24, 2.45) is 0 Å². The third-order valence-corrected chi connectivity index (χ3v) is 3.45. The molecule has 1 aromatic carbocycles. The van der Waals surface area contributed by atoms with E-state index in [1.54, 1.807) is 13.2 Å². The number of aliphatic hydroxyl groups excluding tert-OH is 1. The second-order valence-electron chi connectivity index (χ2n) is 5.27. The fourth-order valence-electron chi connectivity index (χ4n) is 2.36. The molecular formula is C18H28O3. The molecule has 1 aromatic rings. The van der Waals surface area contributed by atoms with Crippen LogP contribution in [-0.4, -0.2) is 25.6 Å². The van der Waals surface area contributed by atoms with Gasteiger partial charge >= 0.3 is 0 Å². The van der Waals surface area contributed by atoms with Crippen molar-refractivity contribution in [3.05, 3.63) is 41.0 Å². The highest BCUT2D eigenvalue weighted by atomic mass is 16.7. The molecule has 0 aliphatic heterocycles. The lowest BCUT2D eigenvalue weighted by molar-refractivity contribution is -0.0765. The zero-order valence-corrected chi connectivity index (χ0v) is 13.5. The number of ether oxygens (including phenoxy) is 2. The highest BCUT2D eigenvalue weighted by Crippen LogP contribution is 2.29. The van der Waals surface area contributed by atoms with Crippen molar-refractivity contribution < 1.29 is 14.6 Å². The van der Waals surface area contributed by atoms with E-state index in [2.05, 4.69) is 32.0 Å². The predicted molar refractivity (Wildman–Crippen MR) is 87.1 cm³/mol. The maximum absolute atomic E-state index is 8.99. The molecule has 0 radical (unpaired) electrons. The van der Waals surface area contributed by atoms with Gasteiger partial charge in [-0.1, -0.05) is 62.1 Å². The van der Waals surface area contributed by atoms with E-state index in [1.165, 1.54) is 24.0 Å². The van der Waals surface area contributed by atoms with Gasteiger partial charge in [-0.25, -0.2) is 0 Å². The smallest absolute Gasteiger partial charge is 0.147 e. The maximum atomic E-state index is 8.99. The molecule has 0 heterocycles. The van der Waals surface area contributed by atoms with Crippen molar-refractivity contribution in [3.8, 4) is 0 Å². The summed E-state index contributed by atoms with van der Waals surface area (Å²) in [6.07, 6.45) is 8.28. The molecular weight excluding hydrogens is 264 g/mol. The Kier molecular flexibility index (Phi) is 8.99. The molecule has 0 unspecified atom stereocenters. The number of methoxy groups -OCH3 is 1. The summed E-state index contributed by atoms with van der Waals surface area (Å²) < 4.78 is 11.0. The minimum absolute atomic E-state index is 0.0368. The van der Waals surface area contributed by atoms with Gasteiger partial charge in [-0.3, -0.25) is 0 Å². The Bertz CT molecular complexity index is 426. The van der Waals surface area contributed by atoms with Crippen LogP contribution in [0.5, 0.6) is 0 Å². The molecule has 1 atom stereocenters. The van der Waals surface area contributed by atoms with Gasteiger partial charge in [0.15, 0.2) is 0 Å². The number of aryl methyl sites for hydroxylation is 1. The molecule has 3 heteroatoms. The second kappa shape index (κ2) is 10.6. The number of benzene rings is 1. The van der Waals surface area contributed by atoms with E-state index in [0.717, 1.165) is 18.4 Å². The standard InChI is InChI=1S/C18H28O3/c1-4-5-6-9-18(21-14-20-3)17-13-15(2)10-11-16(17)8-7-12-19/h7-8,10-11,13,18-19H,4-6,9,12,14H2,1-3H3/b8-7+/t18-/m0/s1. The van der Waals surface area contributed by atoms with Gasteiger partial charge < -0.3 is 14.6 Å². The molecule has 0 aliphatic rings. The fraction of sp³-hybridized carbons (Fsp3) is 0.556. The van der Waals surface area contributed by atoms with Crippen LogP contribution in [0.3, 0.4) is 0 Å². The first-order valence-electron chi connectivity index (χ1n) is 7.71. The lowest BCUT2D eigenvalue weighted by atomic mass is 9.96. The van der Waals surface area contributed by atoms with Gasteiger partial charge in [0.2, 0.25) is 0 Å². The van der Waals surface area contributed by atoms with Crippen LogP contribution in [0.25, 0.3) is 6.08 Å². The highest BCUT2D eigenvalue weighted by molar-refractivity contribution is 5.55. The van der Waals surface area contributed by atoms with Gasteiger partial charge in [0, 0.05) is 7.11 Å². The first kappa shape index (κ1) is 17.9. The SMILES string of the molecule is CCCCC[C@H](OCOC)c1cc(C)ccc1/C=C/CO. The van der Waals surface area contributed by atoms with Crippen molar-refractivity contribution in [2.75, 3.05) is 20.5 Å². The maximum Gasteiger partial charge on any atom is 0.147 e. The van der Waals surface area contributed by atoms with E-state index < -0.39 is 0 Å². The summed E-state index contributed by atoms with van der Waals surface area (Å²) in [4.78, 5) is 0. The third kappa shape index (κ3) is 6.42. The van der Waals surface area contributed by atoms with Crippen LogP contribution in [0.15, 0.2) is 24.3 Å². The van der Waals surface area contributed by atoms with Crippen molar-refractivity contribution in [2.45, 2.75) is 45.6 Å². The van der Waals surface area contributed by atoms with Crippen LogP contribution in [0.1, 0.15) is 55.4 Å². The zero-order valence-electron chi connectivity index (χ0n) is 13.5.